The van der Waals surface area contributed by atoms with Gasteiger partial charge < -0.3 is 14.3 Å². The maximum Gasteiger partial charge on any atom is 0.312 e. The second-order valence-electron chi connectivity index (χ2n) is 8.33. The number of carbonyl (C=O) groups excluding carboxylic acids is 1. The van der Waals surface area contributed by atoms with E-state index in [1.165, 1.54) is 10.6 Å². The summed E-state index contributed by atoms with van der Waals surface area (Å²) in [7, 11) is 0. The zero-order valence-corrected chi connectivity index (χ0v) is 16.8. The zero-order valence-electron chi connectivity index (χ0n) is 16.8. The van der Waals surface area contributed by atoms with Gasteiger partial charge in [-0.1, -0.05) is 26.8 Å². The number of hydrogen-bond acceptors (Lipinski definition) is 6. The van der Waals surface area contributed by atoms with Crippen molar-refractivity contribution in [3.05, 3.63) is 65.4 Å². The van der Waals surface area contributed by atoms with Gasteiger partial charge >= 0.3 is 11.8 Å². The van der Waals surface area contributed by atoms with Crippen LogP contribution in [0, 0.1) is 5.95 Å². The van der Waals surface area contributed by atoms with Crippen LogP contribution >= 0.6 is 0 Å². The van der Waals surface area contributed by atoms with E-state index in [9.17, 15) is 9.18 Å². The van der Waals surface area contributed by atoms with Crippen LogP contribution in [0.3, 0.4) is 0 Å². The van der Waals surface area contributed by atoms with Crippen molar-refractivity contribution in [3.63, 3.8) is 0 Å². The summed E-state index contributed by atoms with van der Waals surface area (Å²) >= 11 is 0. The Balaban J connectivity index is 1.59. The molecule has 0 saturated heterocycles. The summed E-state index contributed by atoms with van der Waals surface area (Å²) in [5.41, 5.74) is 2.32. The molecule has 154 valence electrons. The monoisotopic (exact) mass is 409 g/mol. The Labute approximate surface area is 170 Å². The molecule has 9 nitrogen and oxygen atoms in total. The fraction of sp³-hybridized carbons (Fsp3) is 0.350. The number of imidazole rings is 1. The second kappa shape index (κ2) is 6.48. The average Bonchev–Trinajstić information content (AvgIpc) is 3.44. The van der Waals surface area contributed by atoms with E-state index in [-0.39, 0.29) is 11.3 Å². The van der Waals surface area contributed by atoms with Gasteiger partial charge in [-0.15, -0.1) is 10.2 Å². The topological polar surface area (TPSA) is 105 Å². The lowest BCUT2D eigenvalue weighted by Crippen LogP contribution is -2.41. The Bertz CT molecular complexity index is 1250. The van der Waals surface area contributed by atoms with E-state index in [0.29, 0.717) is 35.8 Å². The minimum absolute atomic E-state index is 0.0844. The molecule has 1 N–H and O–H groups in total. The predicted molar refractivity (Wildman–Crippen MR) is 103 cm³/mol. The van der Waals surface area contributed by atoms with Crippen molar-refractivity contribution >= 4 is 11.4 Å². The van der Waals surface area contributed by atoms with Crippen LogP contribution in [0.4, 0.5) is 4.39 Å². The minimum atomic E-state index is -0.600. The molecule has 4 aromatic rings. The molecule has 0 unspecified atom stereocenters. The molecule has 30 heavy (non-hydrogen) atoms. The summed E-state index contributed by atoms with van der Waals surface area (Å²) in [6.45, 7) is 6.20. The third-order valence-corrected chi connectivity index (χ3v) is 5.17. The van der Waals surface area contributed by atoms with E-state index in [2.05, 4.69) is 25.3 Å². The highest BCUT2D eigenvalue weighted by atomic mass is 19.1. The number of hydrogen-bond donors (Lipinski definition) is 1. The molecule has 1 aliphatic rings. The van der Waals surface area contributed by atoms with Gasteiger partial charge in [0.1, 0.15) is 6.04 Å². The highest BCUT2D eigenvalue weighted by Crippen LogP contribution is 2.34. The van der Waals surface area contributed by atoms with E-state index in [1.807, 2.05) is 20.8 Å². The number of nitrogens with zero attached hydrogens (tertiary/aromatic N) is 6. The smallest absolute Gasteiger partial charge is 0.312 e. The first-order valence-electron chi connectivity index (χ1n) is 9.64. The van der Waals surface area contributed by atoms with E-state index in [0.717, 1.165) is 5.69 Å². The van der Waals surface area contributed by atoms with Crippen LogP contribution in [0.25, 0.3) is 5.52 Å². The molecule has 1 aliphatic heterocycles. The Morgan fingerprint density at radius 2 is 2.13 bits per heavy atom. The first-order chi connectivity index (χ1) is 14.3. The van der Waals surface area contributed by atoms with Gasteiger partial charge in [-0.05, 0) is 18.2 Å². The van der Waals surface area contributed by atoms with E-state index >= 15 is 0 Å². The number of aromatic amines is 1. The summed E-state index contributed by atoms with van der Waals surface area (Å²) in [5, 5.41) is 12.4. The molecule has 0 bridgehead atoms. The maximum absolute atomic E-state index is 14.2. The number of aromatic nitrogens is 6. The highest BCUT2D eigenvalue weighted by Gasteiger charge is 2.38. The molecule has 4 aromatic heterocycles. The van der Waals surface area contributed by atoms with Crippen molar-refractivity contribution < 1.29 is 13.6 Å². The SMILES string of the molecule is CC(C)(C)c1nnc(C(=O)N2CCc3[nH]cnc3[C@@H]2c2cc3cccc(F)n3n2)o1. The lowest BCUT2D eigenvalue weighted by molar-refractivity contribution is 0.0642. The van der Waals surface area contributed by atoms with Crippen LogP contribution < -0.4 is 0 Å². The van der Waals surface area contributed by atoms with Crippen molar-refractivity contribution in [1.82, 2.24) is 34.7 Å². The molecule has 0 fully saturated rings. The van der Waals surface area contributed by atoms with E-state index < -0.39 is 17.9 Å². The molecule has 10 heteroatoms. The van der Waals surface area contributed by atoms with Gasteiger partial charge in [-0.3, -0.25) is 4.79 Å². The maximum atomic E-state index is 14.2. The molecule has 1 atom stereocenters. The van der Waals surface area contributed by atoms with E-state index in [1.54, 1.807) is 29.4 Å². The van der Waals surface area contributed by atoms with Crippen molar-refractivity contribution in [3.8, 4) is 0 Å². The average molecular weight is 409 g/mol. The predicted octanol–water partition coefficient (Wildman–Crippen LogP) is 2.66. The van der Waals surface area contributed by atoms with Gasteiger partial charge in [0.15, 0.2) is 0 Å². The van der Waals surface area contributed by atoms with Crippen molar-refractivity contribution in [2.75, 3.05) is 6.54 Å². The molecular formula is C20H20FN7O2. The van der Waals surface area contributed by atoms with Gasteiger partial charge in [-0.25, -0.2) is 9.50 Å². The molecule has 0 radical (unpaired) electrons. The number of amides is 1. The molecule has 0 aliphatic carbocycles. The lowest BCUT2D eigenvalue weighted by atomic mass is 9.97. The summed E-state index contributed by atoms with van der Waals surface area (Å²) in [6.07, 6.45) is 2.19. The standard InChI is InChI=1S/C20H20FN7O2/c1-20(2,3)19-25-24-17(30-19)18(29)27-8-7-12-15(23-10-22-12)16(27)13-9-11-5-4-6-14(21)28(11)26-13/h4-6,9-10,16H,7-8H2,1-3H3,(H,22,23)/t16-/m0/s1. The number of rotatable bonds is 2. The normalized spacial score (nSPS) is 16.8. The first-order valence-corrected chi connectivity index (χ1v) is 9.64. The first kappa shape index (κ1) is 18.5. The summed E-state index contributed by atoms with van der Waals surface area (Å²) in [5.74, 6) is -0.593. The molecule has 0 saturated carbocycles. The third kappa shape index (κ3) is 2.87. The fourth-order valence-corrected chi connectivity index (χ4v) is 3.67. The van der Waals surface area contributed by atoms with Crippen LogP contribution in [0.1, 0.15) is 60.5 Å². The number of carbonyl (C=O) groups is 1. The molecule has 0 aromatic carbocycles. The minimum Gasteiger partial charge on any atom is -0.416 e. The largest absolute Gasteiger partial charge is 0.416 e. The number of H-pyrrole nitrogens is 1. The van der Waals surface area contributed by atoms with Gasteiger partial charge in [0, 0.05) is 24.1 Å². The van der Waals surface area contributed by atoms with Gasteiger partial charge in [0.25, 0.3) is 0 Å². The molecule has 0 spiro atoms. The second-order valence-corrected chi connectivity index (χ2v) is 8.33. The summed E-state index contributed by atoms with van der Waals surface area (Å²) in [4.78, 5) is 22.5. The van der Waals surface area contributed by atoms with Gasteiger partial charge in [0.05, 0.1) is 23.2 Å². The summed E-state index contributed by atoms with van der Waals surface area (Å²) < 4.78 is 21.1. The third-order valence-electron chi connectivity index (χ3n) is 5.17. The van der Waals surface area contributed by atoms with Crippen LogP contribution in [-0.4, -0.2) is 47.1 Å². The molecule has 1 amide bonds. The fourth-order valence-electron chi connectivity index (χ4n) is 3.67. The zero-order chi connectivity index (χ0) is 21.0. The molecule has 5 heterocycles. The Hall–Kier alpha value is -3.56. The lowest BCUT2D eigenvalue weighted by Gasteiger charge is -2.32. The number of pyridine rings is 1. The van der Waals surface area contributed by atoms with Crippen LogP contribution in [0.2, 0.25) is 0 Å². The number of halogens is 1. The van der Waals surface area contributed by atoms with Crippen molar-refractivity contribution in [1.29, 1.82) is 0 Å². The van der Waals surface area contributed by atoms with Gasteiger partial charge in [-0.2, -0.15) is 9.49 Å². The quantitative estimate of drug-likeness (QED) is 0.510. The highest BCUT2D eigenvalue weighted by molar-refractivity contribution is 5.90. The Morgan fingerprint density at radius 1 is 1.30 bits per heavy atom. The molecular weight excluding hydrogens is 389 g/mol. The number of fused-ring (bicyclic) bond motifs is 2. The van der Waals surface area contributed by atoms with E-state index in [4.69, 9.17) is 4.42 Å². The van der Waals surface area contributed by atoms with Crippen molar-refractivity contribution in [2.24, 2.45) is 0 Å². The van der Waals surface area contributed by atoms with Crippen LogP contribution in [0.15, 0.2) is 35.0 Å². The Morgan fingerprint density at radius 3 is 2.87 bits per heavy atom. The van der Waals surface area contributed by atoms with Crippen molar-refractivity contribution in [2.45, 2.75) is 38.6 Å². The number of nitrogens with one attached hydrogen (secondary N) is 1. The summed E-state index contributed by atoms with van der Waals surface area (Å²) in [6, 6.07) is 5.86. The molecule has 5 rings (SSSR count). The van der Waals surface area contributed by atoms with Gasteiger partial charge in [0.2, 0.25) is 11.8 Å². The van der Waals surface area contributed by atoms with Crippen LogP contribution in [-0.2, 0) is 11.8 Å². The van der Waals surface area contributed by atoms with Crippen LogP contribution in [0.5, 0.6) is 0 Å². The Kier molecular flexibility index (Phi) is 3.99.